The Morgan fingerprint density at radius 2 is 2.04 bits per heavy atom. The van der Waals surface area contributed by atoms with Crippen LogP contribution in [0.3, 0.4) is 0 Å². The Labute approximate surface area is 181 Å². The van der Waals surface area contributed by atoms with Crippen molar-refractivity contribution < 1.29 is 9.47 Å². The first-order valence-electron chi connectivity index (χ1n) is 8.59. The van der Waals surface area contributed by atoms with Gasteiger partial charge in [-0.15, -0.1) is 11.3 Å². The average molecular weight is 476 g/mol. The molecule has 144 valence electrons. The second kappa shape index (κ2) is 8.06. The van der Waals surface area contributed by atoms with Gasteiger partial charge in [0, 0.05) is 27.0 Å². The number of methoxy groups -OCH3 is 2. The van der Waals surface area contributed by atoms with Crippen LogP contribution >= 0.6 is 39.5 Å². The fraction of sp³-hybridized carbons (Fsp3) is 0.200. The minimum absolute atomic E-state index is 0.0697. The molecule has 1 aliphatic rings. The van der Waals surface area contributed by atoms with E-state index in [1.54, 1.807) is 31.8 Å². The molecule has 1 N–H and O–H groups in total. The van der Waals surface area contributed by atoms with Crippen LogP contribution in [0.5, 0.6) is 11.5 Å². The third kappa shape index (κ3) is 3.47. The van der Waals surface area contributed by atoms with Crippen LogP contribution in [-0.4, -0.2) is 24.3 Å². The zero-order valence-corrected chi connectivity index (χ0v) is 18.5. The summed E-state index contributed by atoms with van der Waals surface area (Å²) in [5.41, 5.74) is 1.79. The Balaban J connectivity index is 1.87. The molecule has 5 nitrogen and oxygen atoms in total. The van der Waals surface area contributed by atoms with E-state index in [1.165, 1.54) is 4.88 Å². The van der Waals surface area contributed by atoms with E-state index in [-0.39, 0.29) is 12.1 Å². The third-order valence-electron chi connectivity index (χ3n) is 4.62. The highest BCUT2D eigenvalue weighted by Gasteiger charge is 2.42. The molecule has 1 aliphatic heterocycles. The standard InChI is InChI=1S/C20H18BrN3O2S2/c1-25-13-6-7-16(26-2)15(10-13)24-19(17-9-12(21)11-28-17)18(23-20(24)27)14-5-3-4-8-22-14/h3-11,18-19H,1-2H3,(H,23,27)/t18-,19-/m1/s1. The molecule has 0 aliphatic carbocycles. The van der Waals surface area contributed by atoms with Crippen LogP contribution in [-0.2, 0) is 0 Å². The van der Waals surface area contributed by atoms with Crippen molar-refractivity contribution in [1.29, 1.82) is 0 Å². The lowest BCUT2D eigenvalue weighted by molar-refractivity contribution is 0.403. The van der Waals surface area contributed by atoms with Gasteiger partial charge in [0.25, 0.3) is 0 Å². The Kier molecular flexibility index (Phi) is 5.52. The molecular weight excluding hydrogens is 458 g/mol. The highest BCUT2D eigenvalue weighted by molar-refractivity contribution is 9.10. The van der Waals surface area contributed by atoms with Crippen molar-refractivity contribution >= 4 is 50.3 Å². The maximum atomic E-state index is 5.75. The lowest BCUT2D eigenvalue weighted by Gasteiger charge is -2.28. The van der Waals surface area contributed by atoms with E-state index in [0.717, 1.165) is 27.4 Å². The minimum atomic E-state index is -0.0878. The number of thiophene rings is 1. The Morgan fingerprint density at radius 3 is 2.68 bits per heavy atom. The van der Waals surface area contributed by atoms with E-state index >= 15 is 0 Å². The van der Waals surface area contributed by atoms with E-state index in [2.05, 4.69) is 42.6 Å². The summed E-state index contributed by atoms with van der Waals surface area (Å²) in [5, 5.41) is 6.15. The predicted molar refractivity (Wildman–Crippen MR) is 119 cm³/mol. The van der Waals surface area contributed by atoms with Gasteiger partial charge in [-0.2, -0.15) is 0 Å². The van der Waals surface area contributed by atoms with Gasteiger partial charge >= 0.3 is 0 Å². The Hall–Kier alpha value is -2.16. The topological polar surface area (TPSA) is 46.6 Å². The number of nitrogens with one attached hydrogen (secondary N) is 1. The summed E-state index contributed by atoms with van der Waals surface area (Å²) in [4.78, 5) is 7.83. The second-order valence-electron chi connectivity index (χ2n) is 6.20. The normalized spacial score (nSPS) is 18.8. The number of benzene rings is 1. The molecule has 1 saturated heterocycles. The smallest absolute Gasteiger partial charge is 0.174 e. The molecule has 4 rings (SSSR count). The molecule has 0 unspecified atom stereocenters. The first kappa shape index (κ1) is 19.2. The largest absolute Gasteiger partial charge is 0.497 e. The highest BCUT2D eigenvalue weighted by Crippen LogP contribution is 2.47. The summed E-state index contributed by atoms with van der Waals surface area (Å²) in [6.45, 7) is 0. The maximum Gasteiger partial charge on any atom is 0.174 e. The first-order valence-corrected chi connectivity index (χ1v) is 10.7. The molecule has 1 fully saturated rings. The molecule has 0 amide bonds. The molecule has 0 radical (unpaired) electrons. The summed E-state index contributed by atoms with van der Waals surface area (Å²) >= 11 is 11.0. The third-order valence-corrected chi connectivity index (χ3v) is 6.70. The SMILES string of the molecule is COc1ccc(OC)c(N2C(=S)N[C@H](c3ccccn3)[C@H]2c2cc(Br)cs2)c1. The molecule has 2 atom stereocenters. The van der Waals surface area contributed by atoms with Gasteiger partial charge in [0.1, 0.15) is 11.5 Å². The van der Waals surface area contributed by atoms with E-state index in [4.69, 9.17) is 21.7 Å². The number of rotatable bonds is 5. The number of anilines is 1. The molecule has 0 bridgehead atoms. The van der Waals surface area contributed by atoms with Crippen LogP contribution in [0.15, 0.2) is 58.5 Å². The van der Waals surface area contributed by atoms with Gasteiger partial charge in [0.15, 0.2) is 5.11 Å². The van der Waals surface area contributed by atoms with Crippen LogP contribution in [0.1, 0.15) is 22.7 Å². The van der Waals surface area contributed by atoms with Gasteiger partial charge in [0.05, 0.1) is 37.7 Å². The zero-order chi connectivity index (χ0) is 19.7. The second-order valence-corrected chi connectivity index (χ2v) is 8.45. The summed E-state index contributed by atoms with van der Waals surface area (Å²) < 4.78 is 12.1. The quantitative estimate of drug-likeness (QED) is 0.517. The van der Waals surface area contributed by atoms with Gasteiger partial charge in [-0.25, -0.2) is 0 Å². The van der Waals surface area contributed by atoms with Gasteiger partial charge < -0.3 is 19.7 Å². The van der Waals surface area contributed by atoms with Crippen molar-refractivity contribution in [3.63, 3.8) is 0 Å². The maximum absolute atomic E-state index is 5.75. The Bertz CT molecular complexity index is 996. The van der Waals surface area contributed by atoms with Crippen molar-refractivity contribution in [3.8, 4) is 11.5 Å². The van der Waals surface area contributed by atoms with E-state index in [0.29, 0.717) is 5.11 Å². The average Bonchev–Trinajstić information content (AvgIpc) is 3.30. The van der Waals surface area contributed by atoms with E-state index in [9.17, 15) is 0 Å². The van der Waals surface area contributed by atoms with Crippen molar-refractivity contribution in [2.24, 2.45) is 0 Å². The first-order chi connectivity index (χ1) is 13.6. The van der Waals surface area contributed by atoms with Crippen LogP contribution in [0.2, 0.25) is 0 Å². The summed E-state index contributed by atoms with van der Waals surface area (Å²) in [7, 11) is 3.31. The van der Waals surface area contributed by atoms with E-state index < -0.39 is 0 Å². The number of halogens is 1. The molecule has 0 spiro atoms. The van der Waals surface area contributed by atoms with Gasteiger partial charge in [0.2, 0.25) is 0 Å². The molecule has 3 heterocycles. The van der Waals surface area contributed by atoms with Crippen molar-refractivity contribution in [3.05, 3.63) is 69.1 Å². The number of aromatic nitrogens is 1. The predicted octanol–water partition coefficient (Wildman–Crippen LogP) is 5.10. The van der Waals surface area contributed by atoms with Crippen LogP contribution in [0.25, 0.3) is 0 Å². The van der Waals surface area contributed by atoms with Crippen molar-refractivity contribution in [2.45, 2.75) is 12.1 Å². The Morgan fingerprint density at radius 1 is 1.18 bits per heavy atom. The van der Waals surface area contributed by atoms with E-state index in [1.807, 2.05) is 36.4 Å². The highest BCUT2D eigenvalue weighted by atomic mass is 79.9. The zero-order valence-electron chi connectivity index (χ0n) is 15.3. The van der Waals surface area contributed by atoms with Gasteiger partial charge in [-0.1, -0.05) is 6.07 Å². The van der Waals surface area contributed by atoms with Crippen LogP contribution in [0, 0.1) is 0 Å². The monoisotopic (exact) mass is 475 g/mol. The number of hydrogen-bond acceptors (Lipinski definition) is 5. The number of pyridine rings is 1. The molecule has 3 aromatic rings. The van der Waals surface area contributed by atoms with Crippen LogP contribution in [0.4, 0.5) is 5.69 Å². The molecule has 0 saturated carbocycles. The van der Waals surface area contributed by atoms with Gasteiger partial charge in [-0.3, -0.25) is 4.98 Å². The number of ether oxygens (including phenoxy) is 2. The fourth-order valence-electron chi connectivity index (χ4n) is 3.37. The fourth-order valence-corrected chi connectivity index (χ4v) is 5.28. The summed E-state index contributed by atoms with van der Waals surface area (Å²) in [6, 6.07) is 13.6. The lowest BCUT2D eigenvalue weighted by Crippen LogP contribution is -2.29. The van der Waals surface area contributed by atoms with Gasteiger partial charge in [-0.05, 0) is 58.5 Å². The molecule has 1 aromatic carbocycles. The van der Waals surface area contributed by atoms with Crippen LogP contribution < -0.4 is 19.7 Å². The minimum Gasteiger partial charge on any atom is -0.497 e. The number of hydrogen-bond donors (Lipinski definition) is 1. The molecule has 2 aromatic heterocycles. The summed E-state index contributed by atoms with van der Waals surface area (Å²) in [5.74, 6) is 1.47. The molecular formula is C20H18BrN3O2S2. The summed E-state index contributed by atoms with van der Waals surface area (Å²) in [6.07, 6.45) is 1.80. The molecule has 28 heavy (non-hydrogen) atoms. The molecule has 8 heteroatoms. The number of nitrogens with zero attached hydrogens (tertiary/aromatic N) is 2. The number of thiocarbonyl (C=S) groups is 1. The van der Waals surface area contributed by atoms with Crippen molar-refractivity contribution in [2.75, 3.05) is 19.1 Å². The lowest BCUT2D eigenvalue weighted by atomic mass is 10.0. The van der Waals surface area contributed by atoms with Crippen molar-refractivity contribution in [1.82, 2.24) is 10.3 Å².